The fourth-order valence-corrected chi connectivity index (χ4v) is 2.29. The number of methoxy groups -OCH3 is 1. The first-order valence-corrected chi connectivity index (χ1v) is 6.55. The van der Waals surface area contributed by atoms with E-state index in [9.17, 15) is 0 Å². The largest absolute Gasteiger partial charge is 0.468 e. The molecule has 96 valence electrons. The van der Waals surface area contributed by atoms with Crippen LogP contribution < -0.4 is 5.32 Å². The van der Waals surface area contributed by atoms with Crippen LogP contribution in [0, 0.1) is 5.41 Å². The molecule has 0 amide bonds. The molecule has 1 aromatic rings. The normalized spacial score (nSPS) is 19.2. The maximum Gasteiger partial charge on any atom is 0.120 e. The van der Waals surface area contributed by atoms with Crippen LogP contribution in [0.1, 0.15) is 44.4 Å². The summed E-state index contributed by atoms with van der Waals surface area (Å²) in [5, 5.41) is 3.63. The summed E-state index contributed by atoms with van der Waals surface area (Å²) in [5.74, 6) is 1.05. The molecule has 0 aliphatic heterocycles. The zero-order valence-electron chi connectivity index (χ0n) is 10.9. The van der Waals surface area contributed by atoms with Crippen LogP contribution in [-0.2, 0) is 4.74 Å². The minimum Gasteiger partial charge on any atom is -0.468 e. The van der Waals surface area contributed by atoms with Gasteiger partial charge in [-0.05, 0) is 43.2 Å². The summed E-state index contributed by atoms with van der Waals surface area (Å²) in [6, 6.07) is 4.36. The molecule has 17 heavy (non-hydrogen) atoms. The van der Waals surface area contributed by atoms with E-state index in [1.54, 1.807) is 13.4 Å². The lowest BCUT2D eigenvalue weighted by Gasteiger charge is -2.20. The molecule has 0 aromatic carbocycles. The van der Waals surface area contributed by atoms with Gasteiger partial charge in [-0.25, -0.2) is 0 Å². The first kappa shape index (κ1) is 12.7. The van der Waals surface area contributed by atoms with Crippen molar-refractivity contribution in [2.45, 2.75) is 38.6 Å². The van der Waals surface area contributed by atoms with Gasteiger partial charge in [0.25, 0.3) is 0 Å². The number of rotatable bonds is 8. The predicted molar refractivity (Wildman–Crippen MR) is 67.9 cm³/mol. The number of furan rings is 1. The number of hydrogen-bond acceptors (Lipinski definition) is 3. The van der Waals surface area contributed by atoms with Crippen molar-refractivity contribution < 1.29 is 9.15 Å². The molecule has 1 heterocycles. The molecule has 1 aliphatic rings. The zero-order valence-corrected chi connectivity index (χ0v) is 10.9. The lowest BCUT2D eigenvalue weighted by atomic mass is 10.0. The molecule has 3 heteroatoms. The van der Waals surface area contributed by atoms with Gasteiger partial charge in [-0.3, -0.25) is 0 Å². The van der Waals surface area contributed by atoms with E-state index < -0.39 is 0 Å². The van der Waals surface area contributed by atoms with Crippen LogP contribution in [-0.4, -0.2) is 20.3 Å². The Labute approximate surface area is 104 Å². The number of ether oxygens (including phenoxy) is 1. The van der Waals surface area contributed by atoms with Gasteiger partial charge < -0.3 is 14.5 Å². The minimum absolute atomic E-state index is 0.352. The van der Waals surface area contributed by atoms with Crippen LogP contribution in [0.2, 0.25) is 0 Å². The maximum atomic E-state index is 5.47. The first-order valence-electron chi connectivity index (χ1n) is 6.55. The highest BCUT2D eigenvalue weighted by molar-refractivity contribution is 5.05. The zero-order chi connectivity index (χ0) is 12.1. The van der Waals surface area contributed by atoms with Crippen molar-refractivity contribution >= 4 is 0 Å². The Morgan fingerprint density at radius 3 is 2.88 bits per heavy atom. The number of hydrogen-bond donors (Lipinski definition) is 1. The lowest BCUT2D eigenvalue weighted by molar-refractivity contribution is 0.169. The van der Waals surface area contributed by atoms with E-state index in [1.165, 1.54) is 19.3 Å². The molecule has 0 radical (unpaired) electrons. The van der Waals surface area contributed by atoms with Gasteiger partial charge in [0.15, 0.2) is 0 Å². The van der Waals surface area contributed by atoms with Gasteiger partial charge in [0, 0.05) is 20.3 Å². The second-order valence-electron chi connectivity index (χ2n) is 5.10. The Morgan fingerprint density at radius 2 is 2.35 bits per heavy atom. The monoisotopic (exact) mass is 237 g/mol. The molecule has 1 aromatic heterocycles. The van der Waals surface area contributed by atoms with Gasteiger partial charge in [-0.15, -0.1) is 0 Å². The number of nitrogens with one attached hydrogen (secondary N) is 1. The highest BCUT2D eigenvalue weighted by atomic mass is 16.5. The van der Waals surface area contributed by atoms with Crippen molar-refractivity contribution in [2.24, 2.45) is 5.41 Å². The first-order chi connectivity index (χ1) is 8.29. The van der Waals surface area contributed by atoms with Gasteiger partial charge in [-0.1, -0.05) is 6.92 Å². The Hall–Kier alpha value is -0.800. The summed E-state index contributed by atoms with van der Waals surface area (Å²) in [5.41, 5.74) is 0.496. The average molecular weight is 237 g/mol. The van der Waals surface area contributed by atoms with Gasteiger partial charge in [0.2, 0.25) is 0 Å². The van der Waals surface area contributed by atoms with Crippen LogP contribution in [0.3, 0.4) is 0 Å². The third-order valence-electron chi connectivity index (χ3n) is 3.81. The average Bonchev–Trinajstić information content (AvgIpc) is 2.90. The topological polar surface area (TPSA) is 34.4 Å². The second kappa shape index (κ2) is 5.69. The van der Waals surface area contributed by atoms with Gasteiger partial charge in [0.1, 0.15) is 5.76 Å². The molecule has 2 rings (SSSR count). The standard InChI is InChI=1S/C14H23NO2/c1-3-12(13-5-4-9-17-13)15-11-14(6-7-14)8-10-16-2/h4-5,9,12,15H,3,6-8,10-11H2,1-2H3. The fourth-order valence-electron chi connectivity index (χ4n) is 2.29. The highest BCUT2D eigenvalue weighted by Crippen LogP contribution is 2.48. The molecule has 1 fully saturated rings. The molecule has 1 saturated carbocycles. The molecule has 0 spiro atoms. The Kier molecular flexibility index (Phi) is 4.24. The Balaban J connectivity index is 1.80. The fraction of sp³-hybridized carbons (Fsp3) is 0.714. The van der Waals surface area contributed by atoms with Crippen LogP contribution in [0.4, 0.5) is 0 Å². The minimum atomic E-state index is 0.352. The van der Waals surface area contributed by atoms with E-state index in [2.05, 4.69) is 18.3 Å². The van der Waals surface area contributed by atoms with E-state index in [0.29, 0.717) is 11.5 Å². The van der Waals surface area contributed by atoms with Gasteiger partial charge in [-0.2, -0.15) is 0 Å². The summed E-state index contributed by atoms with van der Waals surface area (Å²) < 4.78 is 10.6. The molecule has 1 N–H and O–H groups in total. The molecule has 3 nitrogen and oxygen atoms in total. The van der Waals surface area contributed by atoms with Gasteiger partial charge >= 0.3 is 0 Å². The van der Waals surface area contributed by atoms with Crippen LogP contribution in [0.15, 0.2) is 22.8 Å². The summed E-state index contributed by atoms with van der Waals surface area (Å²) in [6.45, 7) is 4.14. The molecule has 0 saturated heterocycles. The van der Waals surface area contributed by atoms with E-state index in [-0.39, 0.29) is 0 Å². The third-order valence-corrected chi connectivity index (χ3v) is 3.81. The smallest absolute Gasteiger partial charge is 0.120 e. The van der Waals surface area contributed by atoms with E-state index in [0.717, 1.165) is 25.3 Å². The third kappa shape index (κ3) is 3.33. The van der Waals surface area contributed by atoms with Crippen molar-refractivity contribution in [2.75, 3.05) is 20.3 Å². The van der Waals surface area contributed by atoms with Crippen molar-refractivity contribution in [3.63, 3.8) is 0 Å². The van der Waals surface area contributed by atoms with E-state index in [4.69, 9.17) is 9.15 Å². The van der Waals surface area contributed by atoms with Gasteiger partial charge in [0.05, 0.1) is 12.3 Å². The van der Waals surface area contributed by atoms with Crippen molar-refractivity contribution in [1.29, 1.82) is 0 Å². The van der Waals surface area contributed by atoms with Crippen LogP contribution in [0.25, 0.3) is 0 Å². The van der Waals surface area contributed by atoms with Crippen molar-refractivity contribution in [3.05, 3.63) is 24.2 Å². The van der Waals surface area contributed by atoms with Crippen molar-refractivity contribution in [3.8, 4) is 0 Å². The van der Waals surface area contributed by atoms with Crippen LogP contribution >= 0.6 is 0 Å². The molecule has 1 atom stereocenters. The highest BCUT2D eigenvalue weighted by Gasteiger charge is 2.41. The maximum absolute atomic E-state index is 5.47. The second-order valence-corrected chi connectivity index (χ2v) is 5.10. The lowest BCUT2D eigenvalue weighted by Crippen LogP contribution is -2.28. The molecule has 1 unspecified atom stereocenters. The van der Waals surface area contributed by atoms with Crippen LogP contribution in [0.5, 0.6) is 0 Å². The Bertz CT molecular complexity index is 317. The van der Waals surface area contributed by atoms with E-state index >= 15 is 0 Å². The molecular weight excluding hydrogens is 214 g/mol. The molecule has 1 aliphatic carbocycles. The summed E-state index contributed by atoms with van der Waals surface area (Å²) in [4.78, 5) is 0. The van der Waals surface area contributed by atoms with E-state index in [1.807, 2.05) is 6.07 Å². The summed E-state index contributed by atoms with van der Waals surface area (Å²) >= 11 is 0. The predicted octanol–water partition coefficient (Wildman–Crippen LogP) is 3.14. The summed E-state index contributed by atoms with van der Waals surface area (Å²) in [6.07, 6.45) is 6.65. The van der Waals surface area contributed by atoms with Crippen molar-refractivity contribution in [1.82, 2.24) is 5.32 Å². The SMILES string of the molecule is CCC(NCC1(CCOC)CC1)c1ccco1. The molecule has 0 bridgehead atoms. The quantitative estimate of drug-likeness (QED) is 0.754. The summed E-state index contributed by atoms with van der Waals surface area (Å²) in [7, 11) is 1.78. The Morgan fingerprint density at radius 1 is 1.53 bits per heavy atom. The molecular formula is C14H23NO2.